The third-order valence-electron chi connectivity index (χ3n) is 1.04. The van der Waals surface area contributed by atoms with E-state index in [2.05, 4.69) is 14.7 Å². The molecule has 11 heavy (non-hydrogen) atoms. The second kappa shape index (κ2) is 3.61. The molecule has 0 radical (unpaired) electrons. The van der Waals surface area contributed by atoms with Crippen molar-refractivity contribution in [3.63, 3.8) is 0 Å². The van der Waals surface area contributed by atoms with E-state index >= 15 is 0 Å². The standard InChI is InChI=1S/C6H5IN2O2/c1-11-5(10)4-2-8-6(7)9-3-4/h2-3H,1H3. The fourth-order valence-corrected chi connectivity index (χ4v) is 0.814. The van der Waals surface area contributed by atoms with Crippen LogP contribution in [0.5, 0.6) is 0 Å². The molecule has 0 aromatic carbocycles. The van der Waals surface area contributed by atoms with E-state index in [1.165, 1.54) is 19.5 Å². The number of carbonyl (C=O) groups excluding carboxylic acids is 1. The topological polar surface area (TPSA) is 52.1 Å². The number of nitrogens with zero attached hydrogens (tertiary/aromatic N) is 2. The van der Waals surface area contributed by atoms with Gasteiger partial charge in [-0.2, -0.15) is 0 Å². The normalized spacial score (nSPS) is 9.27. The summed E-state index contributed by atoms with van der Waals surface area (Å²) >= 11 is 1.96. The highest BCUT2D eigenvalue weighted by molar-refractivity contribution is 14.1. The first kappa shape index (κ1) is 8.38. The van der Waals surface area contributed by atoms with E-state index in [9.17, 15) is 4.79 Å². The van der Waals surface area contributed by atoms with Crippen LogP contribution in [0.15, 0.2) is 12.4 Å². The highest BCUT2D eigenvalue weighted by Gasteiger charge is 2.04. The second-order valence-corrected chi connectivity index (χ2v) is 2.70. The van der Waals surface area contributed by atoms with Crippen LogP contribution in [0.25, 0.3) is 0 Å². The summed E-state index contributed by atoms with van der Waals surface area (Å²) in [7, 11) is 1.32. The first-order valence-corrected chi connectivity index (χ1v) is 3.88. The molecule has 0 saturated heterocycles. The van der Waals surface area contributed by atoms with Gasteiger partial charge in [-0.3, -0.25) is 0 Å². The number of halogens is 1. The van der Waals surface area contributed by atoms with Crippen molar-refractivity contribution in [1.82, 2.24) is 9.97 Å². The van der Waals surface area contributed by atoms with Gasteiger partial charge in [0.05, 0.1) is 12.7 Å². The van der Waals surface area contributed by atoms with Crippen LogP contribution in [0.1, 0.15) is 10.4 Å². The van der Waals surface area contributed by atoms with E-state index in [-0.39, 0.29) is 0 Å². The van der Waals surface area contributed by atoms with Crippen molar-refractivity contribution in [3.8, 4) is 0 Å². The molecule has 0 spiro atoms. The molecule has 0 aliphatic heterocycles. The summed E-state index contributed by atoms with van der Waals surface area (Å²) in [5, 5.41) is 0. The van der Waals surface area contributed by atoms with Gasteiger partial charge in [0, 0.05) is 35.0 Å². The smallest absolute Gasteiger partial charge is 0.341 e. The number of aromatic nitrogens is 2. The molecular weight excluding hydrogens is 259 g/mol. The third kappa shape index (κ3) is 2.11. The zero-order chi connectivity index (χ0) is 8.27. The molecule has 58 valence electrons. The van der Waals surface area contributed by atoms with Crippen molar-refractivity contribution < 1.29 is 9.53 Å². The van der Waals surface area contributed by atoms with Gasteiger partial charge in [-0.25, -0.2) is 14.8 Å². The van der Waals surface area contributed by atoms with Gasteiger partial charge >= 0.3 is 5.97 Å². The summed E-state index contributed by atoms with van der Waals surface area (Å²) in [6, 6.07) is 0. The van der Waals surface area contributed by atoms with E-state index in [4.69, 9.17) is 0 Å². The summed E-state index contributed by atoms with van der Waals surface area (Å²) < 4.78 is 5.06. The number of hydrogen-bond donors (Lipinski definition) is 0. The Morgan fingerprint density at radius 2 is 2.09 bits per heavy atom. The number of carbonyl (C=O) groups is 1. The average molecular weight is 264 g/mol. The minimum Gasteiger partial charge on any atom is -0.465 e. The highest BCUT2D eigenvalue weighted by atomic mass is 127. The molecule has 0 aliphatic carbocycles. The molecule has 0 fully saturated rings. The van der Waals surface area contributed by atoms with Crippen LogP contribution in [0.4, 0.5) is 0 Å². The third-order valence-corrected chi connectivity index (χ3v) is 1.60. The fourth-order valence-electron chi connectivity index (χ4n) is 0.536. The van der Waals surface area contributed by atoms with Crippen molar-refractivity contribution in [2.24, 2.45) is 0 Å². The number of methoxy groups -OCH3 is 1. The van der Waals surface area contributed by atoms with Crippen molar-refractivity contribution in [2.75, 3.05) is 7.11 Å². The summed E-state index contributed by atoms with van der Waals surface area (Å²) in [6.07, 6.45) is 2.86. The summed E-state index contributed by atoms with van der Waals surface area (Å²) in [6.45, 7) is 0. The van der Waals surface area contributed by atoms with E-state index in [1.54, 1.807) is 0 Å². The van der Waals surface area contributed by atoms with Gasteiger partial charge in [0.25, 0.3) is 0 Å². The van der Waals surface area contributed by atoms with Crippen molar-refractivity contribution in [1.29, 1.82) is 0 Å². The Morgan fingerprint density at radius 1 is 1.55 bits per heavy atom. The zero-order valence-electron chi connectivity index (χ0n) is 5.74. The van der Waals surface area contributed by atoms with Crippen molar-refractivity contribution in [2.45, 2.75) is 0 Å². The minimum atomic E-state index is -0.415. The van der Waals surface area contributed by atoms with Crippen LogP contribution in [-0.2, 0) is 4.74 Å². The van der Waals surface area contributed by atoms with Gasteiger partial charge in [-0.15, -0.1) is 0 Å². The molecule has 1 heterocycles. The Balaban J connectivity index is 2.90. The first-order valence-electron chi connectivity index (χ1n) is 2.80. The predicted molar refractivity (Wildman–Crippen MR) is 46.1 cm³/mol. The Bertz CT molecular complexity index is 260. The Labute approximate surface area is 77.1 Å². The summed E-state index contributed by atoms with van der Waals surface area (Å²) in [4.78, 5) is 18.5. The maximum absolute atomic E-state index is 10.8. The Hall–Kier alpha value is -0.720. The molecule has 0 amide bonds. The van der Waals surface area contributed by atoms with Crippen LogP contribution >= 0.6 is 22.6 Å². The van der Waals surface area contributed by atoms with Crippen LogP contribution in [0.2, 0.25) is 0 Å². The summed E-state index contributed by atoms with van der Waals surface area (Å²) in [5.74, 6) is -0.415. The lowest BCUT2D eigenvalue weighted by molar-refractivity contribution is 0.0599. The maximum Gasteiger partial charge on any atom is 0.341 e. The molecule has 1 rings (SSSR count). The molecule has 5 heteroatoms. The molecule has 0 bridgehead atoms. The first-order chi connectivity index (χ1) is 5.24. The van der Waals surface area contributed by atoms with E-state index in [0.29, 0.717) is 9.39 Å². The highest BCUT2D eigenvalue weighted by Crippen LogP contribution is 1.99. The molecule has 4 nitrogen and oxygen atoms in total. The monoisotopic (exact) mass is 264 g/mol. The molecule has 1 aromatic heterocycles. The molecular formula is C6H5IN2O2. The van der Waals surface area contributed by atoms with Crippen LogP contribution in [0.3, 0.4) is 0 Å². The van der Waals surface area contributed by atoms with Gasteiger partial charge in [-0.1, -0.05) is 0 Å². The summed E-state index contributed by atoms with van der Waals surface area (Å²) in [5.41, 5.74) is 0.368. The molecule has 0 atom stereocenters. The largest absolute Gasteiger partial charge is 0.465 e. The van der Waals surface area contributed by atoms with Gasteiger partial charge in [0.15, 0.2) is 3.83 Å². The lowest BCUT2D eigenvalue weighted by Crippen LogP contribution is -2.02. The SMILES string of the molecule is COC(=O)c1cnc(I)nc1. The van der Waals surface area contributed by atoms with Gasteiger partial charge in [0.2, 0.25) is 0 Å². The quantitative estimate of drug-likeness (QED) is 0.429. The van der Waals surface area contributed by atoms with E-state index in [1.807, 2.05) is 22.6 Å². The van der Waals surface area contributed by atoms with Crippen LogP contribution in [0, 0.1) is 3.83 Å². The van der Waals surface area contributed by atoms with Gasteiger partial charge in [0.1, 0.15) is 0 Å². The molecule has 0 aliphatic rings. The lowest BCUT2D eigenvalue weighted by atomic mass is 10.4. The number of hydrogen-bond acceptors (Lipinski definition) is 4. The lowest BCUT2D eigenvalue weighted by Gasteiger charge is -1.95. The molecule has 0 saturated carbocycles. The van der Waals surface area contributed by atoms with Gasteiger partial charge in [-0.05, 0) is 0 Å². The predicted octanol–water partition coefficient (Wildman–Crippen LogP) is 0.868. The maximum atomic E-state index is 10.8. The van der Waals surface area contributed by atoms with Crippen molar-refractivity contribution >= 4 is 28.6 Å². The van der Waals surface area contributed by atoms with Crippen LogP contribution < -0.4 is 0 Å². The van der Waals surface area contributed by atoms with E-state index in [0.717, 1.165) is 0 Å². The molecule has 1 aromatic rings. The Morgan fingerprint density at radius 3 is 2.55 bits per heavy atom. The molecule has 0 N–H and O–H groups in total. The average Bonchev–Trinajstić information content (AvgIpc) is 2.05. The van der Waals surface area contributed by atoms with Gasteiger partial charge < -0.3 is 4.74 Å². The number of ether oxygens (including phenoxy) is 1. The fraction of sp³-hybridized carbons (Fsp3) is 0.167. The van der Waals surface area contributed by atoms with Crippen molar-refractivity contribution in [3.05, 3.63) is 21.8 Å². The number of esters is 1. The van der Waals surface area contributed by atoms with Crippen LogP contribution in [-0.4, -0.2) is 23.0 Å². The van der Waals surface area contributed by atoms with E-state index < -0.39 is 5.97 Å². The minimum absolute atomic E-state index is 0.368. The zero-order valence-corrected chi connectivity index (χ0v) is 7.90. The molecule has 0 unspecified atom stereocenters. The number of rotatable bonds is 1. The second-order valence-electron chi connectivity index (χ2n) is 1.73. The Kier molecular flexibility index (Phi) is 2.75.